The summed E-state index contributed by atoms with van der Waals surface area (Å²) >= 11 is 0. The standard InChI is InChI=1S/C16H25NO4S3/c1-4-14(3)23(18,19)16-6-5-11-17(12-16)22-24(20,21)15-9-7-13(2)8-10-15/h7-10,14,16H,4-6,11-12H2,1-3H3/t14?,16-/m0/s1. The molecule has 8 heteroatoms. The van der Waals surface area contributed by atoms with Gasteiger partial charge in [-0.15, -0.1) is 0 Å². The van der Waals surface area contributed by atoms with Crippen LogP contribution in [0.4, 0.5) is 0 Å². The number of rotatable bonds is 6. The highest BCUT2D eigenvalue weighted by atomic mass is 33.1. The summed E-state index contributed by atoms with van der Waals surface area (Å²) in [6.07, 6.45) is 1.87. The Balaban J connectivity index is 2.11. The van der Waals surface area contributed by atoms with Gasteiger partial charge in [-0.25, -0.2) is 21.1 Å². The second kappa shape index (κ2) is 7.76. The predicted octanol–water partition coefficient (Wildman–Crippen LogP) is 3.01. The minimum absolute atomic E-state index is 0.255. The van der Waals surface area contributed by atoms with Crippen LogP contribution in [0.2, 0.25) is 0 Å². The molecule has 5 nitrogen and oxygen atoms in total. The number of hydrogen-bond acceptors (Lipinski definition) is 6. The first-order valence-corrected chi connectivity index (χ1v) is 12.5. The number of sulfone groups is 1. The average molecular weight is 392 g/mol. The normalized spacial score (nSPS) is 21.5. The van der Waals surface area contributed by atoms with E-state index in [9.17, 15) is 16.8 Å². The van der Waals surface area contributed by atoms with E-state index in [1.54, 1.807) is 35.5 Å². The molecule has 0 N–H and O–H groups in total. The van der Waals surface area contributed by atoms with Gasteiger partial charge in [-0.1, -0.05) is 24.6 Å². The molecule has 1 heterocycles. The fourth-order valence-corrected chi connectivity index (χ4v) is 7.90. The highest BCUT2D eigenvalue weighted by Crippen LogP contribution is 2.32. The SMILES string of the molecule is CCC(C)S(=O)(=O)[C@H]1CCCN(SS(=O)(=O)c2ccc(C)cc2)C1. The Bertz CT molecular complexity index is 757. The summed E-state index contributed by atoms with van der Waals surface area (Å²) in [6.45, 7) is 6.34. The minimum Gasteiger partial charge on any atom is -0.236 e. The van der Waals surface area contributed by atoms with E-state index in [2.05, 4.69) is 0 Å². The Morgan fingerprint density at radius 1 is 1.21 bits per heavy atom. The highest BCUT2D eigenvalue weighted by molar-refractivity contribution is 8.71. The Hall–Kier alpha value is -0.570. The number of hydrogen-bond donors (Lipinski definition) is 0. The smallest absolute Gasteiger partial charge is 0.236 e. The molecule has 136 valence electrons. The van der Waals surface area contributed by atoms with Gasteiger partial charge in [0.2, 0.25) is 8.87 Å². The van der Waals surface area contributed by atoms with Crippen molar-refractivity contribution in [2.24, 2.45) is 0 Å². The van der Waals surface area contributed by atoms with Crippen molar-refractivity contribution in [1.29, 1.82) is 0 Å². The van der Waals surface area contributed by atoms with E-state index in [1.807, 2.05) is 13.8 Å². The van der Waals surface area contributed by atoms with Crippen LogP contribution >= 0.6 is 11.0 Å². The molecule has 1 aromatic carbocycles. The zero-order valence-electron chi connectivity index (χ0n) is 14.3. The second-order valence-corrected chi connectivity index (χ2v) is 12.8. The summed E-state index contributed by atoms with van der Waals surface area (Å²) in [5.41, 5.74) is 0.997. The maximum absolute atomic E-state index is 12.5. The first-order chi connectivity index (χ1) is 11.2. The molecule has 0 aromatic heterocycles. The van der Waals surface area contributed by atoms with E-state index in [-0.39, 0.29) is 16.7 Å². The highest BCUT2D eigenvalue weighted by Gasteiger charge is 2.35. The van der Waals surface area contributed by atoms with Crippen molar-refractivity contribution >= 4 is 29.7 Å². The summed E-state index contributed by atoms with van der Waals surface area (Å²) in [7, 11) is -5.98. The lowest BCUT2D eigenvalue weighted by Crippen LogP contribution is -2.42. The van der Waals surface area contributed by atoms with E-state index in [0.717, 1.165) is 16.5 Å². The molecule has 2 rings (SSSR count). The van der Waals surface area contributed by atoms with Crippen LogP contribution in [0.25, 0.3) is 0 Å². The molecule has 24 heavy (non-hydrogen) atoms. The van der Waals surface area contributed by atoms with Crippen molar-refractivity contribution in [3.8, 4) is 0 Å². The van der Waals surface area contributed by atoms with Crippen molar-refractivity contribution in [1.82, 2.24) is 4.31 Å². The molecule has 0 saturated carbocycles. The lowest BCUT2D eigenvalue weighted by Gasteiger charge is -2.32. The molecule has 0 bridgehead atoms. The van der Waals surface area contributed by atoms with Gasteiger partial charge in [-0.3, -0.25) is 0 Å². The van der Waals surface area contributed by atoms with Gasteiger partial charge in [-0.2, -0.15) is 0 Å². The molecule has 0 amide bonds. The van der Waals surface area contributed by atoms with E-state index < -0.39 is 24.0 Å². The first kappa shape index (κ1) is 19.8. The zero-order chi connectivity index (χ0) is 18.0. The van der Waals surface area contributed by atoms with Gasteiger partial charge in [0, 0.05) is 13.1 Å². The van der Waals surface area contributed by atoms with Crippen molar-refractivity contribution in [2.45, 2.75) is 55.4 Å². The molecule has 1 aliphatic rings. The monoisotopic (exact) mass is 391 g/mol. The summed E-state index contributed by atoms with van der Waals surface area (Å²) in [4.78, 5) is 0.255. The molecule has 2 atom stereocenters. The van der Waals surface area contributed by atoms with E-state index in [0.29, 0.717) is 25.8 Å². The fourth-order valence-electron chi connectivity index (χ4n) is 2.69. The van der Waals surface area contributed by atoms with Gasteiger partial charge < -0.3 is 0 Å². The Kier molecular flexibility index (Phi) is 6.39. The molecule has 1 aliphatic heterocycles. The molecule has 1 aromatic rings. The maximum Gasteiger partial charge on any atom is 0.244 e. The molecule has 1 unspecified atom stereocenters. The third kappa shape index (κ3) is 4.53. The van der Waals surface area contributed by atoms with Crippen molar-refractivity contribution in [3.63, 3.8) is 0 Å². The molecule has 0 spiro atoms. The molecule has 1 fully saturated rings. The van der Waals surface area contributed by atoms with Crippen LogP contribution in [0.5, 0.6) is 0 Å². The molecule has 0 radical (unpaired) electrons. The number of aryl methyl sites for hydroxylation is 1. The van der Waals surface area contributed by atoms with Crippen LogP contribution in [-0.2, 0) is 18.7 Å². The number of nitrogens with zero attached hydrogens (tertiary/aromatic N) is 1. The van der Waals surface area contributed by atoms with Crippen molar-refractivity contribution in [2.75, 3.05) is 13.1 Å². The predicted molar refractivity (Wildman–Crippen MR) is 99.2 cm³/mol. The van der Waals surface area contributed by atoms with Crippen LogP contribution in [0, 0.1) is 6.92 Å². The lowest BCUT2D eigenvalue weighted by molar-refractivity contribution is 0.378. The van der Waals surface area contributed by atoms with Gasteiger partial charge in [0.05, 0.1) is 26.4 Å². The molecule has 0 aliphatic carbocycles. The van der Waals surface area contributed by atoms with Crippen LogP contribution < -0.4 is 0 Å². The Labute approximate surface area is 149 Å². The summed E-state index contributed by atoms with van der Waals surface area (Å²) in [5, 5.41) is -0.872. The van der Waals surface area contributed by atoms with Gasteiger partial charge in [0.15, 0.2) is 9.84 Å². The summed E-state index contributed by atoms with van der Waals surface area (Å²) in [6, 6.07) is 6.71. The van der Waals surface area contributed by atoms with Gasteiger partial charge in [-0.05, 0) is 45.2 Å². The second-order valence-electron chi connectivity index (χ2n) is 6.30. The van der Waals surface area contributed by atoms with Gasteiger partial charge >= 0.3 is 0 Å². The van der Waals surface area contributed by atoms with Crippen LogP contribution in [0.15, 0.2) is 29.2 Å². The van der Waals surface area contributed by atoms with Crippen LogP contribution in [-0.4, -0.2) is 44.7 Å². The van der Waals surface area contributed by atoms with Crippen molar-refractivity contribution in [3.05, 3.63) is 29.8 Å². The average Bonchev–Trinajstić information content (AvgIpc) is 2.54. The van der Waals surface area contributed by atoms with E-state index in [1.165, 1.54) is 0 Å². The Morgan fingerprint density at radius 3 is 2.42 bits per heavy atom. The fraction of sp³-hybridized carbons (Fsp3) is 0.625. The maximum atomic E-state index is 12.5. The third-order valence-corrected chi connectivity index (χ3v) is 10.6. The lowest BCUT2D eigenvalue weighted by atomic mass is 10.2. The van der Waals surface area contributed by atoms with Crippen LogP contribution in [0.3, 0.4) is 0 Å². The molecule has 1 saturated heterocycles. The quantitative estimate of drug-likeness (QED) is 0.548. The molecular weight excluding hydrogens is 366 g/mol. The topological polar surface area (TPSA) is 71.5 Å². The van der Waals surface area contributed by atoms with Gasteiger partial charge in [0.25, 0.3) is 0 Å². The molecular formula is C16H25NO4S3. The summed E-state index contributed by atoms with van der Waals surface area (Å²) < 4.78 is 51.8. The third-order valence-electron chi connectivity index (χ3n) is 4.45. The van der Waals surface area contributed by atoms with Crippen LogP contribution in [0.1, 0.15) is 38.7 Å². The van der Waals surface area contributed by atoms with Gasteiger partial charge in [0.1, 0.15) is 0 Å². The largest absolute Gasteiger partial charge is 0.244 e. The zero-order valence-corrected chi connectivity index (χ0v) is 16.8. The van der Waals surface area contributed by atoms with Crippen molar-refractivity contribution < 1.29 is 16.8 Å². The number of piperidine rings is 1. The Morgan fingerprint density at radius 2 is 1.83 bits per heavy atom. The first-order valence-electron chi connectivity index (χ1n) is 8.15. The summed E-state index contributed by atoms with van der Waals surface area (Å²) in [5.74, 6) is 0. The van der Waals surface area contributed by atoms with E-state index in [4.69, 9.17) is 0 Å². The number of benzene rings is 1. The minimum atomic E-state index is -3.52. The van der Waals surface area contributed by atoms with E-state index >= 15 is 0 Å².